The summed E-state index contributed by atoms with van der Waals surface area (Å²) in [5.41, 5.74) is 0. The van der Waals surface area contributed by atoms with Crippen molar-refractivity contribution in [1.29, 1.82) is 0 Å². The lowest BCUT2D eigenvalue weighted by atomic mass is 9.69. The minimum absolute atomic E-state index is 0.722. The Bertz CT molecular complexity index is 365. The van der Waals surface area contributed by atoms with Gasteiger partial charge >= 0.3 is 0 Å². The summed E-state index contributed by atoms with van der Waals surface area (Å²) in [7, 11) is 0. The zero-order valence-electron chi connectivity index (χ0n) is 14.9. The Morgan fingerprint density at radius 1 is 0.909 bits per heavy atom. The van der Waals surface area contributed by atoms with Gasteiger partial charge in [-0.1, -0.05) is 37.8 Å². The first kappa shape index (κ1) is 17.7. The van der Waals surface area contributed by atoms with E-state index in [1.54, 1.807) is 0 Å². The summed E-state index contributed by atoms with van der Waals surface area (Å²) in [6, 6.07) is 0. The van der Waals surface area contributed by atoms with E-state index in [-0.39, 0.29) is 0 Å². The second-order valence-electron chi connectivity index (χ2n) is 7.61. The molecule has 0 atom stereocenters. The van der Waals surface area contributed by atoms with Crippen molar-refractivity contribution in [1.82, 2.24) is 0 Å². The summed E-state index contributed by atoms with van der Waals surface area (Å²) in [4.78, 5) is 0. The van der Waals surface area contributed by atoms with Gasteiger partial charge in [0.05, 0.1) is 0 Å². The van der Waals surface area contributed by atoms with Crippen molar-refractivity contribution in [2.24, 2.45) is 23.7 Å². The molecule has 2 rings (SSSR count). The van der Waals surface area contributed by atoms with Gasteiger partial charge < -0.3 is 0 Å². The summed E-state index contributed by atoms with van der Waals surface area (Å²) < 4.78 is 0. The molecule has 0 bridgehead atoms. The van der Waals surface area contributed by atoms with Crippen LogP contribution in [0.25, 0.3) is 0 Å². The van der Waals surface area contributed by atoms with E-state index in [2.05, 4.69) is 37.8 Å². The van der Waals surface area contributed by atoms with Gasteiger partial charge in [-0.2, -0.15) is 0 Å². The molecule has 2 aliphatic carbocycles. The van der Waals surface area contributed by atoms with Gasteiger partial charge in [-0.15, -0.1) is 5.92 Å². The first-order valence-electron chi connectivity index (χ1n) is 9.93. The predicted octanol–water partition coefficient (Wildman–Crippen LogP) is 6.76. The van der Waals surface area contributed by atoms with Gasteiger partial charge in [-0.05, 0) is 82.5 Å². The van der Waals surface area contributed by atoms with Gasteiger partial charge in [0.15, 0.2) is 0 Å². The molecule has 2 aliphatic rings. The zero-order chi connectivity index (χ0) is 15.6. The van der Waals surface area contributed by atoms with Crippen molar-refractivity contribution in [3.05, 3.63) is 12.2 Å². The van der Waals surface area contributed by atoms with Crippen molar-refractivity contribution >= 4 is 0 Å². The van der Waals surface area contributed by atoms with Gasteiger partial charge in [0.25, 0.3) is 0 Å². The summed E-state index contributed by atoms with van der Waals surface area (Å²) in [6.07, 6.45) is 21.3. The monoisotopic (exact) mass is 300 g/mol. The molecule has 0 heterocycles. The van der Waals surface area contributed by atoms with Gasteiger partial charge in [0, 0.05) is 12.3 Å². The highest BCUT2D eigenvalue weighted by Crippen LogP contribution is 2.42. The van der Waals surface area contributed by atoms with E-state index < -0.39 is 0 Å². The fourth-order valence-corrected chi connectivity index (χ4v) is 4.52. The summed E-state index contributed by atoms with van der Waals surface area (Å²) in [5.74, 6) is 10.7. The van der Waals surface area contributed by atoms with Gasteiger partial charge in [-0.3, -0.25) is 0 Å². The van der Waals surface area contributed by atoms with Crippen LogP contribution >= 0.6 is 0 Å². The number of hydrogen-bond donors (Lipinski definition) is 0. The molecule has 0 aliphatic heterocycles. The Kier molecular flexibility index (Phi) is 8.14. The third kappa shape index (κ3) is 5.83. The molecule has 0 unspecified atom stereocenters. The molecular weight excluding hydrogens is 264 g/mol. The lowest BCUT2D eigenvalue weighted by Crippen LogP contribution is -2.25. The lowest BCUT2D eigenvalue weighted by molar-refractivity contribution is 0.154. The number of allylic oxidation sites excluding steroid dienone is 2. The van der Waals surface area contributed by atoms with Crippen LogP contribution in [0.15, 0.2) is 12.2 Å². The van der Waals surface area contributed by atoms with Gasteiger partial charge in [0.1, 0.15) is 0 Å². The SMILES string of the molecule is C/C=C/CCC1CCC(C2CCC(C#CCCC)CC2)CC1. The standard InChI is InChI=1S/C22H36/c1-3-5-7-9-19-11-15-21(16-12-19)22-17-13-20(14-18-22)10-8-6-4-2/h3,5,19-22H,4,6-7,9,11-18H2,1-2H3/b5-3+. The number of hydrogen-bond acceptors (Lipinski definition) is 0. The molecule has 0 aromatic heterocycles. The zero-order valence-corrected chi connectivity index (χ0v) is 14.9. The maximum atomic E-state index is 3.53. The van der Waals surface area contributed by atoms with Crippen LogP contribution in [0.2, 0.25) is 0 Å². The Morgan fingerprint density at radius 2 is 1.55 bits per heavy atom. The quantitative estimate of drug-likeness (QED) is 0.388. The molecule has 0 N–H and O–H groups in total. The highest BCUT2D eigenvalue weighted by Gasteiger charge is 2.30. The molecular formula is C22H36. The molecule has 22 heavy (non-hydrogen) atoms. The van der Waals surface area contributed by atoms with E-state index in [9.17, 15) is 0 Å². The molecule has 0 aromatic rings. The summed E-state index contributed by atoms with van der Waals surface area (Å²) >= 11 is 0. The van der Waals surface area contributed by atoms with Crippen LogP contribution in [0, 0.1) is 35.5 Å². The fourth-order valence-electron chi connectivity index (χ4n) is 4.52. The first-order chi connectivity index (χ1) is 10.8. The van der Waals surface area contributed by atoms with Crippen LogP contribution in [0.4, 0.5) is 0 Å². The minimum Gasteiger partial charge on any atom is -0.103 e. The van der Waals surface area contributed by atoms with Crippen LogP contribution in [0.5, 0.6) is 0 Å². The third-order valence-electron chi connectivity index (χ3n) is 5.99. The van der Waals surface area contributed by atoms with Crippen molar-refractivity contribution < 1.29 is 0 Å². The summed E-state index contributed by atoms with van der Waals surface area (Å²) in [6.45, 7) is 4.36. The van der Waals surface area contributed by atoms with E-state index in [0.717, 1.165) is 30.1 Å². The van der Waals surface area contributed by atoms with E-state index in [0.29, 0.717) is 0 Å². The van der Waals surface area contributed by atoms with Crippen molar-refractivity contribution in [2.45, 2.75) is 90.9 Å². The van der Waals surface area contributed by atoms with E-state index in [1.807, 2.05) is 0 Å². The molecule has 0 saturated heterocycles. The normalized spacial score (nSPS) is 32.6. The third-order valence-corrected chi connectivity index (χ3v) is 5.99. The Hall–Kier alpha value is -0.700. The molecule has 0 radical (unpaired) electrons. The predicted molar refractivity (Wildman–Crippen MR) is 97.6 cm³/mol. The number of rotatable bonds is 5. The van der Waals surface area contributed by atoms with E-state index >= 15 is 0 Å². The molecule has 2 fully saturated rings. The minimum atomic E-state index is 0.722. The molecule has 0 amide bonds. The maximum absolute atomic E-state index is 3.53. The van der Waals surface area contributed by atoms with Crippen molar-refractivity contribution in [2.75, 3.05) is 0 Å². The molecule has 0 heteroatoms. The molecule has 124 valence electrons. The smallest absolute Gasteiger partial charge is 0.0203 e. The van der Waals surface area contributed by atoms with Crippen LogP contribution in [-0.2, 0) is 0 Å². The highest BCUT2D eigenvalue weighted by molar-refractivity contribution is 5.04. The highest BCUT2D eigenvalue weighted by atomic mass is 14.3. The second-order valence-corrected chi connectivity index (χ2v) is 7.61. The van der Waals surface area contributed by atoms with Gasteiger partial charge in [0.2, 0.25) is 0 Å². The van der Waals surface area contributed by atoms with Gasteiger partial charge in [-0.25, -0.2) is 0 Å². The second kappa shape index (κ2) is 10.1. The van der Waals surface area contributed by atoms with Crippen LogP contribution in [0.3, 0.4) is 0 Å². The Balaban J connectivity index is 1.65. The topological polar surface area (TPSA) is 0 Å². The van der Waals surface area contributed by atoms with Crippen LogP contribution in [-0.4, -0.2) is 0 Å². The maximum Gasteiger partial charge on any atom is 0.0203 e. The molecule has 0 aromatic carbocycles. The average Bonchev–Trinajstić information content (AvgIpc) is 2.57. The fraction of sp³-hybridized carbons (Fsp3) is 0.818. The van der Waals surface area contributed by atoms with Crippen molar-refractivity contribution in [3.63, 3.8) is 0 Å². The van der Waals surface area contributed by atoms with E-state index in [4.69, 9.17) is 0 Å². The Labute approximate surface area is 139 Å². The molecule has 0 nitrogen and oxygen atoms in total. The molecule has 0 spiro atoms. The van der Waals surface area contributed by atoms with Crippen molar-refractivity contribution in [3.8, 4) is 11.8 Å². The summed E-state index contributed by atoms with van der Waals surface area (Å²) in [5, 5.41) is 0. The number of unbranched alkanes of at least 4 members (excludes halogenated alkanes) is 1. The lowest BCUT2D eigenvalue weighted by Gasteiger charge is -2.37. The molecule has 2 saturated carbocycles. The largest absolute Gasteiger partial charge is 0.103 e. The first-order valence-corrected chi connectivity index (χ1v) is 9.93. The van der Waals surface area contributed by atoms with Crippen LogP contribution < -0.4 is 0 Å². The van der Waals surface area contributed by atoms with Crippen LogP contribution in [0.1, 0.15) is 90.9 Å². The Morgan fingerprint density at radius 3 is 2.14 bits per heavy atom. The van der Waals surface area contributed by atoms with E-state index in [1.165, 1.54) is 70.6 Å². The average molecular weight is 301 g/mol.